The van der Waals surface area contributed by atoms with Crippen molar-refractivity contribution in [2.24, 2.45) is 5.41 Å². The lowest BCUT2D eigenvalue weighted by Crippen LogP contribution is -2.36. The predicted octanol–water partition coefficient (Wildman–Crippen LogP) is -0.0256. The maximum atomic E-state index is 10.5. The van der Waals surface area contributed by atoms with Gasteiger partial charge in [-0.05, 0) is 12.8 Å². The van der Waals surface area contributed by atoms with Gasteiger partial charge in [-0.15, -0.1) is 0 Å². The number of carbonyl (C=O) groups excluding carboxylic acids is 1. The molecule has 0 aromatic heterocycles. The minimum Gasteiger partial charge on any atom is -0.395 e. The van der Waals surface area contributed by atoms with Gasteiger partial charge in [0.05, 0.1) is 18.6 Å². The van der Waals surface area contributed by atoms with Crippen LogP contribution in [0, 0.1) is 5.41 Å². The maximum Gasteiger partial charge on any atom is 0.130 e. The van der Waals surface area contributed by atoms with E-state index in [0.29, 0.717) is 6.61 Å². The number of ether oxygens (including phenoxy) is 1. The summed E-state index contributed by atoms with van der Waals surface area (Å²) >= 11 is 0. The van der Waals surface area contributed by atoms with Crippen LogP contribution < -0.4 is 0 Å². The van der Waals surface area contributed by atoms with Crippen LogP contribution in [-0.2, 0) is 9.53 Å². The van der Waals surface area contributed by atoms with Crippen LogP contribution in [0.25, 0.3) is 0 Å². The van der Waals surface area contributed by atoms with E-state index in [1.807, 2.05) is 0 Å². The summed E-state index contributed by atoms with van der Waals surface area (Å²) in [6, 6.07) is 0. The zero-order valence-electron chi connectivity index (χ0n) is 5.88. The third kappa shape index (κ3) is 1.36. The molecule has 3 heteroatoms. The highest BCUT2D eigenvalue weighted by atomic mass is 16.5. The second-order valence-electron chi connectivity index (χ2n) is 2.79. The van der Waals surface area contributed by atoms with Gasteiger partial charge in [-0.3, -0.25) is 0 Å². The minimum atomic E-state index is -0.585. The van der Waals surface area contributed by atoms with Crippen molar-refractivity contribution in [1.82, 2.24) is 0 Å². The van der Waals surface area contributed by atoms with Gasteiger partial charge in [0.2, 0.25) is 0 Å². The molecular weight excluding hydrogens is 132 g/mol. The molecular formula is C7H12O3. The molecule has 0 saturated carbocycles. The Hall–Kier alpha value is -0.410. The summed E-state index contributed by atoms with van der Waals surface area (Å²) in [5.41, 5.74) is -0.585. The van der Waals surface area contributed by atoms with Gasteiger partial charge in [-0.25, -0.2) is 0 Å². The quantitative estimate of drug-likeness (QED) is 0.554. The fourth-order valence-corrected chi connectivity index (χ4v) is 1.13. The number of aldehydes is 1. The lowest BCUT2D eigenvalue weighted by atomic mass is 9.85. The van der Waals surface area contributed by atoms with Gasteiger partial charge in [-0.2, -0.15) is 0 Å². The van der Waals surface area contributed by atoms with Gasteiger partial charge in [0, 0.05) is 6.61 Å². The molecule has 1 rings (SSSR count). The van der Waals surface area contributed by atoms with E-state index in [1.54, 1.807) is 0 Å². The molecule has 0 bridgehead atoms. The van der Waals surface area contributed by atoms with E-state index in [0.717, 1.165) is 25.7 Å². The average molecular weight is 144 g/mol. The molecule has 3 nitrogen and oxygen atoms in total. The van der Waals surface area contributed by atoms with Crippen LogP contribution in [0.1, 0.15) is 12.8 Å². The van der Waals surface area contributed by atoms with E-state index in [2.05, 4.69) is 0 Å². The first-order valence-electron chi connectivity index (χ1n) is 3.48. The highest BCUT2D eigenvalue weighted by molar-refractivity contribution is 5.59. The molecule has 1 aliphatic heterocycles. The number of aliphatic hydroxyl groups is 1. The van der Waals surface area contributed by atoms with Crippen molar-refractivity contribution >= 4 is 6.29 Å². The fraction of sp³-hybridized carbons (Fsp3) is 0.857. The van der Waals surface area contributed by atoms with Crippen LogP contribution >= 0.6 is 0 Å². The molecule has 1 aliphatic rings. The molecule has 0 aromatic rings. The van der Waals surface area contributed by atoms with Gasteiger partial charge >= 0.3 is 0 Å². The molecule has 1 fully saturated rings. The third-order valence-electron chi connectivity index (χ3n) is 1.92. The van der Waals surface area contributed by atoms with Crippen LogP contribution in [0.2, 0.25) is 0 Å². The molecule has 58 valence electrons. The Morgan fingerprint density at radius 3 is 2.80 bits per heavy atom. The van der Waals surface area contributed by atoms with E-state index < -0.39 is 5.41 Å². The highest BCUT2D eigenvalue weighted by Gasteiger charge is 2.31. The van der Waals surface area contributed by atoms with E-state index in [9.17, 15) is 4.79 Å². The van der Waals surface area contributed by atoms with Crippen LogP contribution in [0.5, 0.6) is 0 Å². The second-order valence-corrected chi connectivity index (χ2v) is 2.79. The Balaban J connectivity index is 2.52. The van der Waals surface area contributed by atoms with E-state index >= 15 is 0 Å². The molecule has 1 heterocycles. The van der Waals surface area contributed by atoms with Gasteiger partial charge in [0.15, 0.2) is 0 Å². The van der Waals surface area contributed by atoms with Crippen molar-refractivity contribution in [2.45, 2.75) is 12.8 Å². The lowest BCUT2D eigenvalue weighted by molar-refractivity contribution is -0.127. The first-order chi connectivity index (χ1) is 4.83. The Morgan fingerprint density at radius 1 is 1.70 bits per heavy atom. The number of carbonyl (C=O) groups is 1. The largest absolute Gasteiger partial charge is 0.395 e. The van der Waals surface area contributed by atoms with E-state index in [1.165, 1.54) is 0 Å². The molecule has 1 unspecified atom stereocenters. The summed E-state index contributed by atoms with van der Waals surface area (Å²) < 4.78 is 5.08. The number of rotatable bonds is 2. The Morgan fingerprint density at radius 2 is 2.50 bits per heavy atom. The number of hydrogen-bond donors (Lipinski definition) is 1. The van der Waals surface area contributed by atoms with Crippen LogP contribution in [0.4, 0.5) is 0 Å². The summed E-state index contributed by atoms with van der Waals surface area (Å²) in [5, 5.41) is 8.83. The topological polar surface area (TPSA) is 46.5 Å². The van der Waals surface area contributed by atoms with Crippen molar-refractivity contribution in [3.63, 3.8) is 0 Å². The first kappa shape index (κ1) is 7.69. The second kappa shape index (κ2) is 3.12. The summed E-state index contributed by atoms with van der Waals surface area (Å²) in [6.07, 6.45) is 2.44. The molecule has 10 heavy (non-hydrogen) atoms. The number of hydrogen-bond acceptors (Lipinski definition) is 3. The molecule has 0 amide bonds. The van der Waals surface area contributed by atoms with Gasteiger partial charge in [0.1, 0.15) is 6.29 Å². The predicted molar refractivity (Wildman–Crippen MR) is 35.6 cm³/mol. The minimum absolute atomic E-state index is 0.0868. The summed E-state index contributed by atoms with van der Waals surface area (Å²) in [4.78, 5) is 10.5. The third-order valence-corrected chi connectivity index (χ3v) is 1.92. The number of aliphatic hydroxyl groups excluding tert-OH is 1. The van der Waals surface area contributed by atoms with Crippen molar-refractivity contribution in [2.75, 3.05) is 19.8 Å². The van der Waals surface area contributed by atoms with Gasteiger partial charge in [-0.1, -0.05) is 0 Å². The zero-order valence-corrected chi connectivity index (χ0v) is 5.88. The lowest BCUT2D eigenvalue weighted by Gasteiger charge is -2.29. The van der Waals surface area contributed by atoms with Crippen molar-refractivity contribution in [3.05, 3.63) is 0 Å². The van der Waals surface area contributed by atoms with Crippen LogP contribution in [-0.4, -0.2) is 31.2 Å². The Labute approximate surface area is 60.0 Å². The van der Waals surface area contributed by atoms with E-state index in [4.69, 9.17) is 9.84 Å². The smallest absolute Gasteiger partial charge is 0.130 e. The zero-order chi connectivity index (χ0) is 7.45. The van der Waals surface area contributed by atoms with Gasteiger partial charge in [0.25, 0.3) is 0 Å². The Kier molecular flexibility index (Phi) is 2.40. The fourth-order valence-electron chi connectivity index (χ4n) is 1.13. The highest BCUT2D eigenvalue weighted by Crippen LogP contribution is 2.24. The summed E-state index contributed by atoms with van der Waals surface area (Å²) in [6.45, 7) is 1.01. The molecule has 1 atom stereocenters. The molecule has 0 spiro atoms. The van der Waals surface area contributed by atoms with Crippen LogP contribution in [0.3, 0.4) is 0 Å². The average Bonchev–Trinajstić information content (AvgIpc) is 2.06. The summed E-state index contributed by atoms with van der Waals surface area (Å²) in [5.74, 6) is 0. The maximum absolute atomic E-state index is 10.5. The monoisotopic (exact) mass is 144 g/mol. The normalized spacial score (nSPS) is 33.7. The van der Waals surface area contributed by atoms with Crippen LogP contribution in [0.15, 0.2) is 0 Å². The van der Waals surface area contributed by atoms with Crippen molar-refractivity contribution < 1.29 is 14.6 Å². The standard InChI is InChI=1S/C7H12O3/c8-4-7(5-9)2-1-3-10-6-7/h4,9H,1-3,5-6H2. The Bertz CT molecular complexity index is 116. The SMILES string of the molecule is O=CC1(CO)CCCOC1. The molecule has 1 N–H and O–H groups in total. The first-order valence-corrected chi connectivity index (χ1v) is 3.48. The molecule has 0 radical (unpaired) electrons. The molecule has 0 aliphatic carbocycles. The molecule has 1 saturated heterocycles. The van der Waals surface area contributed by atoms with Crippen molar-refractivity contribution in [1.29, 1.82) is 0 Å². The molecule has 0 aromatic carbocycles. The van der Waals surface area contributed by atoms with Gasteiger partial charge < -0.3 is 14.6 Å². The summed E-state index contributed by atoms with van der Waals surface area (Å²) in [7, 11) is 0. The van der Waals surface area contributed by atoms with Crippen molar-refractivity contribution in [3.8, 4) is 0 Å². The van der Waals surface area contributed by atoms with E-state index in [-0.39, 0.29) is 6.61 Å².